The average molecular weight is 180 g/mol. The monoisotopic (exact) mass is 180 g/mol. The van der Waals surface area contributed by atoms with Crippen LogP contribution in [0.15, 0.2) is 24.3 Å². The number of hydrogen-bond acceptors (Lipinski definition) is 2. The predicted molar refractivity (Wildman–Crippen MR) is 52.7 cm³/mol. The Labute approximate surface area is 78.8 Å². The van der Waals surface area contributed by atoms with Gasteiger partial charge in [-0.25, -0.2) is 0 Å². The normalized spacial score (nSPS) is 12.8. The smallest absolute Gasteiger partial charge is 0.115 e. The van der Waals surface area contributed by atoms with Crippen LogP contribution in [0.1, 0.15) is 25.3 Å². The molecule has 0 fully saturated rings. The fraction of sp³-hybridized carbons (Fsp3) is 0.455. The van der Waals surface area contributed by atoms with Crippen molar-refractivity contribution >= 4 is 0 Å². The Kier molecular flexibility index (Phi) is 3.77. The van der Waals surface area contributed by atoms with Crippen molar-refractivity contribution in [2.45, 2.75) is 32.3 Å². The molecule has 0 saturated heterocycles. The minimum Gasteiger partial charge on any atom is -0.508 e. The van der Waals surface area contributed by atoms with Gasteiger partial charge in [-0.05, 0) is 30.5 Å². The quantitative estimate of drug-likeness (QED) is 0.745. The van der Waals surface area contributed by atoms with Gasteiger partial charge in [0.1, 0.15) is 5.75 Å². The second-order valence-electron chi connectivity index (χ2n) is 3.31. The van der Waals surface area contributed by atoms with E-state index >= 15 is 0 Å². The third kappa shape index (κ3) is 3.47. The van der Waals surface area contributed by atoms with E-state index < -0.39 is 0 Å². The Hall–Kier alpha value is -1.02. The molecule has 1 aromatic rings. The zero-order valence-electron chi connectivity index (χ0n) is 7.90. The Morgan fingerprint density at radius 1 is 1.23 bits per heavy atom. The second-order valence-corrected chi connectivity index (χ2v) is 3.31. The van der Waals surface area contributed by atoms with Crippen molar-refractivity contribution in [1.82, 2.24) is 0 Å². The molecular formula is C11H16O2. The SMILES string of the molecule is CCCC(O)Cc1ccc(O)cc1. The summed E-state index contributed by atoms with van der Waals surface area (Å²) in [4.78, 5) is 0. The van der Waals surface area contributed by atoms with Gasteiger partial charge in [0, 0.05) is 0 Å². The van der Waals surface area contributed by atoms with Crippen LogP contribution >= 0.6 is 0 Å². The van der Waals surface area contributed by atoms with Crippen molar-refractivity contribution in [3.8, 4) is 5.75 Å². The molecule has 0 amide bonds. The largest absolute Gasteiger partial charge is 0.508 e. The molecule has 13 heavy (non-hydrogen) atoms. The van der Waals surface area contributed by atoms with Crippen LogP contribution in [0.5, 0.6) is 5.75 Å². The molecule has 2 N–H and O–H groups in total. The van der Waals surface area contributed by atoms with Gasteiger partial charge in [0.2, 0.25) is 0 Å². The number of hydrogen-bond donors (Lipinski definition) is 2. The molecule has 0 aliphatic heterocycles. The van der Waals surface area contributed by atoms with Crippen LogP contribution < -0.4 is 0 Å². The van der Waals surface area contributed by atoms with Gasteiger partial charge >= 0.3 is 0 Å². The zero-order valence-corrected chi connectivity index (χ0v) is 7.90. The molecule has 2 nitrogen and oxygen atoms in total. The van der Waals surface area contributed by atoms with Crippen molar-refractivity contribution in [2.75, 3.05) is 0 Å². The lowest BCUT2D eigenvalue weighted by atomic mass is 10.0. The number of phenolic OH excluding ortho intramolecular Hbond substituents is 1. The Bertz CT molecular complexity index is 241. The maximum atomic E-state index is 9.51. The van der Waals surface area contributed by atoms with Crippen LogP contribution in [0, 0.1) is 0 Å². The molecule has 0 aromatic heterocycles. The maximum Gasteiger partial charge on any atom is 0.115 e. The molecule has 1 unspecified atom stereocenters. The maximum absolute atomic E-state index is 9.51. The third-order valence-electron chi connectivity index (χ3n) is 2.03. The van der Waals surface area contributed by atoms with E-state index in [4.69, 9.17) is 5.11 Å². The minimum atomic E-state index is -0.255. The van der Waals surface area contributed by atoms with E-state index in [1.807, 2.05) is 12.1 Å². The van der Waals surface area contributed by atoms with Gasteiger partial charge in [-0.2, -0.15) is 0 Å². The standard InChI is InChI=1S/C11H16O2/c1-2-3-11(13)8-9-4-6-10(12)7-5-9/h4-7,11-13H,2-3,8H2,1H3. The molecule has 1 atom stereocenters. The summed E-state index contributed by atoms with van der Waals surface area (Å²) in [5, 5.41) is 18.5. The first-order chi connectivity index (χ1) is 6.22. The molecule has 0 bridgehead atoms. The highest BCUT2D eigenvalue weighted by Gasteiger charge is 2.03. The molecule has 2 heteroatoms. The molecule has 0 radical (unpaired) electrons. The lowest BCUT2D eigenvalue weighted by molar-refractivity contribution is 0.164. The van der Waals surface area contributed by atoms with E-state index in [9.17, 15) is 5.11 Å². The van der Waals surface area contributed by atoms with E-state index in [1.54, 1.807) is 12.1 Å². The summed E-state index contributed by atoms with van der Waals surface area (Å²) in [5.41, 5.74) is 1.07. The van der Waals surface area contributed by atoms with Crippen molar-refractivity contribution in [1.29, 1.82) is 0 Å². The van der Waals surface area contributed by atoms with Crippen molar-refractivity contribution in [2.24, 2.45) is 0 Å². The Balaban J connectivity index is 2.49. The topological polar surface area (TPSA) is 40.5 Å². The van der Waals surface area contributed by atoms with Gasteiger partial charge in [0.15, 0.2) is 0 Å². The Morgan fingerprint density at radius 2 is 1.85 bits per heavy atom. The summed E-state index contributed by atoms with van der Waals surface area (Å²) in [6.45, 7) is 2.06. The predicted octanol–water partition coefficient (Wildman–Crippen LogP) is 2.10. The molecule has 0 aliphatic rings. The van der Waals surface area contributed by atoms with Crippen LogP contribution in [0.3, 0.4) is 0 Å². The van der Waals surface area contributed by atoms with Crippen LogP contribution in [-0.4, -0.2) is 16.3 Å². The average Bonchev–Trinajstić information content (AvgIpc) is 2.09. The molecule has 1 aromatic carbocycles. The zero-order chi connectivity index (χ0) is 9.68. The first-order valence-electron chi connectivity index (χ1n) is 4.68. The van der Waals surface area contributed by atoms with Crippen LogP contribution in [0.2, 0.25) is 0 Å². The Morgan fingerprint density at radius 3 is 2.38 bits per heavy atom. The number of benzene rings is 1. The summed E-state index contributed by atoms with van der Waals surface area (Å²) < 4.78 is 0. The van der Waals surface area contributed by atoms with Gasteiger partial charge in [-0.15, -0.1) is 0 Å². The summed E-state index contributed by atoms with van der Waals surface area (Å²) in [5.74, 6) is 0.272. The number of phenols is 1. The van der Waals surface area contributed by atoms with Crippen molar-refractivity contribution in [3.63, 3.8) is 0 Å². The third-order valence-corrected chi connectivity index (χ3v) is 2.03. The lowest BCUT2D eigenvalue weighted by Crippen LogP contribution is -2.09. The lowest BCUT2D eigenvalue weighted by Gasteiger charge is -2.08. The van der Waals surface area contributed by atoms with Gasteiger partial charge in [-0.3, -0.25) is 0 Å². The molecule has 72 valence electrons. The summed E-state index contributed by atoms with van der Waals surface area (Å²) >= 11 is 0. The summed E-state index contributed by atoms with van der Waals surface area (Å²) in [7, 11) is 0. The van der Waals surface area contributed by atoms with E-state index in [0.29, 0.717) is 6.42 Å². The number of rotatable bonds is 4. The van der Waals surface area contributed by atoms with Gasteiger partial charge in [0.05, 0.1) is 6.10 Å². The highest BCUT2D eigenvalue weighted by Crippen LogP contribution is 2.12. The fourth-order valence-electron chi connectivity index (χ4n) is 1.34. The number of aliphatic hydroxyl groups is 1. The summed E-state index contributed by atoms with van der Waals surface area (Å²) in [6.07, 6.45) is 2.25. The van der Waals surface area contributed by atoms with E-state index in [0.717, 1.165) is 18.4 Å². The van der Waals surface area contributed by atoms with Gasteiger partial charge in [0.25, 0.3) is 0 Å². The molecule has 1 rings (SSSR count). The highest BCUT2D eigenvalue weighted by molar-refractivity contribution is 5.26. The van der Waals surface area contributed by atoms with Gasteiger partial charge < -0.3 is 10.2 Å². The number of aliphatic hydroxyl groups excluding tert-OH is 1. The summed E-state index contributed by atoms with van der Waals surface area (Å²) in [6, 6.07) is 6.98. The molecule has 0 aliphatic carbocycles. The van der Waals surface area contributed by atoms with E-state index in [1.165, 1.54) is 0 Å². The fourth-order valence-corrected chi connectivity index (χ4v) is 1.34. The van der Waals surface area contributed by atoms with Crippen molar-refractivity contribution < 1.29 is 10.2 Å². The van der Waals surface area contributed by atoms with E-state index in [-0.39, 0.29) is 11.9 Å². The highest BCUT2D eigenvalue weighted by atomic mass is 16.3. The molecule has 0 saturated carbocycles. The minimum absolute atomic E-state index is 0.255. The molecular weight excluding hydrogens is 164 g/mol. The van der Waals surface area contributed by atoms with Crippen LogP contribution in [0.25, 0.3) is 0 Å². The van der Waals surface area contributed by atoms with Gasteiger partial charge in [-0.1, -0.05) is 25.5 Å². The van der Waals surface area contributed by atoms with Crippen LogP contribution in [-0.2, 0) is 6.42 Å². The molecule has 0 heterocycles. The second kappa shape index (κ2) is 4.87. The van der Waals surface area contributed by atoms with Crippen LogP contribution in [0.4, 0.5) is 0 Å². The number of aromatic hydroxyl groups is 1. The molecule has 0 spiro atoms. The first-order valence-corrected chi connectivity index (χ1v) is 4.68. The van der Waals surface area contributed by atoms with Crippen molar-refractivity contribution in [3.05, 3.63) is 29.8 Å². The van der Waals surface area contributed by atoms with E-state index in [2.05, 4.69) is 6.92 Å². The first kappa shape index (κ1) is 10.1.